The summed E-state index contributed by atoms with van der Waals surface area (Å²) in [6, 6.07) is 8.25. The van der Waals surface area contributed by atoms with E-state index in [1.165, 1.54) is 29.5 Å². The third-order valence-corrected chi connectivity index (χ3v) is 4.70. The minimum Gasteiger partial charge on any atom is -0.321 e. The van der Waals surface area contributed by atoms with E-state index in [1.54, 1.807) is 18.4 Å². The average molecular weight is 411 g/mol. The number of amides is 2. The van der Waals surface area contributed by atoms with Crippen LogP contribution >= 0.6 is 11.3 Å². The molecule has 1 atom stereocenters. The summed E-state index contributed by atoms with van der Waals surface area (Å²) in [5, 5.41) is 15.9. The molecule has 1 aromatic carbocycles. The predicted molar refractivity (Wildman–Crippen MR) is 99.0 cm³/mol. The van der Waals surface area contributed by atoms with Gasteiger partial charge in [0.15, 0.2) is 13.1 Å². The number of carbonyl (C=O) groups is 2. The monoisotopic (exact) mass is 411 g/mol. The smallest absolute Gasteiger partial charge is 0.321 e. The molecule has 2 aromatic rings. The Morgan fingerprint density at radius 3 is 2.39 bits per heavy atom. The van der Waals surface area contributed by atoms with Gasteiger partial charge in [-0.1, -0.05) is 12.1 Å². The van der Waals surface area contributed by atoms with Gasteiger partial charge in [-0.2, -0.15) is 18.4 Å². The molecule has 1 heterocycles. The minimum atomic E-state index is -4.58. The van der Waals surface area contributed by atoms with E-state index in [9.17, 15) is 22.8 Å². The fourth-order valence-corrected chi connectivity index (χ4v) is 3.22. The molecule has 3 N–H and O–H groups in total. The maximum atomic E-state index is 13.0. The van der Waals surface area contributed by atoms with Crippen LogP contribution in [0.3, 0.4) is 0 Å². The second-order valence-electron chi connectivity index (χ2n) is 5.87. The molecule has 0 aliphatic carbocycles. The van der Waals surface area contributed by atoms with Crippen molar-refractivity contribution in [3.05, 3.63) is 46.8 Å². The fourth-order valence-electron chi connectivity index (χ4n) is 2.47. The van der Waals surface area contributed by atoms with Crippen LogP contribution < -0.4 is 15.5 Å². The number of thiophene rings is 1. The number of nitrogens with zero attached hydrogens (tertiary/aromatic N) is 1. The van der Waals surface area contributed by atoms with Crippen molar-refractivity contribution in [1.82, 2.24) is 0 Å². The van der Waals surface area contributed by atoms with E-state index in [0.29, 0.717) is 22.0 Å². The molecular formula is C18H18F3N4O2S+. The number of anilines is 2. The maximum absolute atomic E-state index is 13.0. The lowest BCUT2D eigenvalue weighted by molar-refractivity contribution is -0.881. The van der Waals surface area contributed by atoms with Crippen molar-refractivity contribution in [2.24, 2.45) is 0 Å². The molecule has 0 bridgehead atoms. The summed E-state index contributed by atoms with van der Waals surface area (Å²) in [5.74, 6) is -1.02. The molecule has 0 aliphatic rings. The number of hydrogen-bond acceptors (Lipinski definition) is 4. The van der Waals surface area contributed by atoms with Crippen LogP contribution in [-0.4, -0.2) is 31.4 Å². The Balaban J connectivity index is 1.97. The highest BCUT2D eigenvalue weighted by Crippen LogP contribution is 2.34. The molecule has 1 unspecified atom stereocenters. The van der Waals surface area contributed by atoms with E-state index in [0.717, 1.165) is 6.07 Å². The van der Waals surface area contributed by atoms with Gasteiger partial charge in [0.25, 0.3) is 11.8 Å². The van der Waals surface area contributed by atoms with Gasteiger partial charge in [-0.15, -0.1) is 11.3 Å². The van der Waals surface area contributed by atoms with Crippen LogP contribution in [0.15, 0.2) is 35.7 Å². The Labute approximate surface area is 163 Å². The number of carbonyl (C=O) groups excluding carboxylic acids is 2. The first-order chi connectivity index (χ1) is 13.2. The molecule has 10 heteroatoms. The van der Waals surface area contributed by atoms with Gasteiger partial charge < -0.3 is 15.5 Å². The maximum Gasteiger partial charge on any atom is 0.418 e. The lowest BCUT2D eigenvalue weighted by Gasteiger charge is -2.18. The number of likely N-dealkylation sites (N-methyl/N-ethyl adjacent to an activating group) is 1. The number of benzene rings is 1. The van der Waals surface area contributed by atoms with Gasteiger partial charge in [0, 0.05) is 0 Å². The van der Waals surface area contributed by atoms with Crippen molar-refractivity contribution in [3.8, 4) is 6.07 Å². The topological polar surface area (TPSA) is 86.4 Å². The number of para-hydroxylation sites is 1. The molecule has 0 saturated heterocycles. The fraction of sp³-hybridized carbons (Fsp3) is 0.278. The van der Waals surface area contributed by atoms with Crippen LogP contribution in [0.1, 0.15) is 18.1 Å². The van der Waals surface area contributed by atoms with Crippen molar-refractivity contribution in [1.29, 1.82) is 5.26 Å². The third kappa shape index (κ3) is 5.80. The minimum absolute atomic E-state index is 0.0619. The largest absolute Gasteiger partial charge is 0.418 e. The van der Waals surface area contributed by atoms with Gasteiger partial charge in [0.2, 0.25) is 0 Å². The van der Waals surface area contributed by atoms with Crippen molar-refractivity contribution in [2.45, 2.75) is 13.1 Å². The van der Waals surface area contributed by atoms with Crippen LogP contribution in [-0.2, 0) is 15.8 Å². The van der Waals surface area contributed by atoms with E-state index >= 15 is 0 Å². The standard InChI is InChI=1S/C18H17F3N4O2S/c1-2-25(11-16(27)24-17-12(9-22)7-8-28-17)10-15(26)23-14-6-4-3-5-13(14)18(19,20)21/h3-8H,2,10-11H2,1H3,(H,23,26)(H,24,27)/p+1. The summed E-state index contributed by atoms with van der Waals surface area (Å²) >= 11 is 1.21. The Kier molecular flexibility index (Phi) is 7.14. The SMILES string of the molecule is CC[NH+](CC(=O)Nc1ccccc1C(F)(F)F)CC(=O)Nc1sccc1C#N. The quantitative estimate of drug-likeness (QED) is 0.652. The summed E-state index contributed by atoms with van der Waals surface area (Å²) in [6.45, 7) is 1.93. The first kappa shape index (κ1) is 21.4. The third-order valence-electron chi connectivity index (χ3n) is 3.87. The summed E-state index contributed by atoms with van der Waals surface area (Å²) in [4.78, 5) is 24.9. The van der Waals surface area contributed by atoms with E-state index in [1.807, 2.05) is 6.07 Å². The van der Waals surface area contributed by atoms with Crippen molar-refractivity contribution in [3.63, 3.8) is 0 Å². The Morgan fingerprint density at radius 1 is 1.14 bits per heavy atom. The number of hydrogen-bond donors (Lipinski definition) is 3. The van der Waals surface area contributed by atoms with Crippen LogP contribution in [0, 0.1) is 11.3 Å². The highest BCUT2D eigenvalue weighted by Gasteiger charge is 2.33. The highest BCUT2D eigenvalue weighted by atomic mass is 32.1. The molecule has 2 amide bonds. The number of nitriles is 1. The normalized spacial score (nSPS) is 12.1. The second-order valence-corrected chi connectivity index (χ2v) is 6.79. The van der Waals surface area contributed by atoms with Crippen LogP contribution in [0.25, 0.3) is 0 Å². The zero-order valence-corrected chi connectivity index (χ0v) is 15.7. The Morgan fingerprint density at radius 2 is 1.79 bits per heavy atom. The molecule has 1 aromatic heterocycles. The molecular weight excluding hydrogens is 393 g/mol. The summed E-state index contributed by atoms with van der Waals surface area (Å²) in [6.07, 6.45) is -4.58. The summed E-state index contributed by atoms with van der Waals surface area (Å²) in [7, 11) is 0. The second kappa shape index (κ2) is 9.34. The van der Waals surface area contributed by atoms with Gasteiger partial charge in [0.1, 0.15) is 11.1 Å². The first-order valence-electron chi connectivity index (χ1n) is 8.31. The molecule has 148 valence electrons. The van der Waals surface area contributed by atoms with Crippen molar-refractivity contribution < 1.29 is 27.7 Å². The number of nitrogens with one attached hydrogen (secondary N) is 3. The summed E-state index contributed by atoms with van der Waals surface area (Å²) < 4.78 is 39.0. The molecule has 0 aliphatic heterocycles. The molecule has 0 spiro atoms. The lowest BCUT2D eigenvalue weighted by atomic mass is 10.1. The molecule has 0 fully saturated rings. The van der Waals surface area contributed by atoms with Gasteiger partial charge in [0.05, 0.1) is 23.4 Å². The van der Waals surface area contributed by atoms with Gasteiger partial charge in [-0.25, -0.2) is 0 Å². The zero-order valence-electron chi connectivity index (χ0n) is 14.9. The number of halogens is 3. The lowest BCUT2D eigenvalue weighted by Crippen LogP contribution is -3.13. The molecule has 0 radical (unpaired) electrons. The molecule has 0 saturated carbocycles. The van der Waals surface area contributed by atoms with Gasteiger partial charge >= 0.3 is 6.18 Å². The highest BCUT2D eigenvalue weighted by molar-refractivity contribution is 7.14. The number of quaternary nitrogens is 1. The first-order valence-corrected chi connectivity index (χ1v) is 9.19. The van der Waals surface area contributed by atoms with Crippen molar-refractivity contribution >= 4 is 33.8 Å². The Bertz CT molecular complexity index is 889. The van der Waals surface area contributed by atoms with E-state index in [-0.39, 0.29) is 24.7 Å². The molecule has 28 heavy (non-hydrogen) atoms. The molecule has 2 rings (SSSR count). The van der Waals surface area contributed by atoms with Crippen molar-refractivity contribution in [2.75, 3.05) is 30.3 Å². The number of rotatable bonds is 7. The van der Waals surface area contributed by atoms with E-state index in [4.69, 9.17) is 5.26 Å². The summed E-state index contributed by atoms with van der Waals surface area (Å²) in [5.41, 5.74) is -0.907. The Hall–Kier alpha value is -2.90. The van der Waals surface area contributed by atoms with Crippen LogP contribution in [0.4, 0.5) is 23.9 Å². The zero-order chi connectivity index (χ0) is 20.7. The van der Waals surface area contributed by atoms with E-state index in [2.05, 4.69) is 10.6 Å². The van der Waals surface area contributed by atoms with Crippen LogP contribution in [0.5, 0.6) is 0 Å². The van der Waals surface area contributed by atoms with Gasteiger partial charge in [-0.3, -0.25) is 9.59 Å². The predicted octanol–water partition coefficient (Wildman–Crippen LogP) is 2.12. The van der Waals surface area contributed by atoms with E-state index < -0.39 is 17.6 Å². The average Bonchev–Trinajstić information content (AvgIpc) is 3.07. The van der Waals surface area contributed by atoms with Gasteiger partial charge in [-0.05, 0) is 30.5 Å². The molecule has 6 nitrogen and oxygen atoms in total. The van der Waals surface area contributed by atoms with Crippen LogP contribution in [0.2, 0.25) is 0 Å². The number of alkyl halides is 3.